The monoisotopic (exact) mass is 390 g/mol. The number of Topliss-reactive ketones (excluding diaryl/α,β-unsaturated/α-hetero) is 1. The van der Waals surface area contributed by atoms with Crippen molar-refractivity contribution in [3.8, 4) is 11.4 Å². The van der Waals surface area contributed by atoms with Gasteiger partial charge in [0, 0.05) is 11.1 Å². The molecule has 0 aliphatic heterocycles. The smallest absolute Gasteiger partial charge is 0.330 e. The van der Waals surface area contributed by atoms with E-state index in [2.05, 4.69) is 15.4 Å². The SMILES string of the molecule is O=C(Cn1nnc(-c2ccccc2)n1)OCC(=O)c1ccc(Cl)c(Cl)c1. The first-order chi connectivity index (χ1) is 12.5. The number of benzene rings is 2. The number of aromatic nitrogens is 4. The van der Waals surface area contributed by atoms with Gasteiger partial charge in [-0.2, -0.15) is 4.80 Å². The van der Waals surface area contributed by atoms with Crippen LogP contribution in [-0.2, 0) is 16.1 Å². The Kier molecular flexibility index (Phi) is 5.60. The van der Waals surface area contributed by atoms with Crippen molar-refractivity contribution in [2.75, 3.05) is 6.61 Å². The number of esters is 1. The van der Waals surface area contributed by atoms with Crippen LogP contribution in [0.4, 0.5) is 0 Å². The molecule has 0 unspecified atom stereocenters. The highest BCUT2D eigenvalue weighted by Crippen LogP contribution is 2.22. The second-order valence-corrected chi connectivity index (χ2v) is 6.04. The van der Waals surface area contributed by atoms with Crippen molar-refractivity contribution in [2.24, 2.45) is 0 Å². The average molecular weight is 391 g/mol. The molecule has 0 amide bonds. The van der Waals surface area contributed by atoms with Gasteiger partial charge in [-0.1, -0.05) is 53.5 Å². The Morgan fingerprint density at radius 2 is 1.81 bits per heavy atom. The lowest BCUT2D eigenvalue weighted by molar-refractivity contribution is -0.143. The summed E-state index contributed by atoms with van der Waals surface area (Å²) in [5, 5.41) is 12.4. The van der Waals surface area contributed by atoms with Gasteiger partial charge < -0.3 is 4.74 Å². The molecule has 0 radical (unpaired) electrons. The van der Waals surface area contributed by atoms with E-state index in [9.17, 15) is 9.59 Å². The minimum atomic E-state index is -0.657. The van der Waals surface area contributed by atoms with E-state index in [1.165, 1.54) is 18.2 Å². The third-order valence-electron chi connectivity index (χ3n) is 3.36. The minimum Gasteiger partial charge on any atom is -0.456 e. The highest BCUT2D eigenvalue weighted by atomic mass is 35.5. The fraction of sp³-hybridized carbons (Fsp3) is 0.118. The molecule has 3 aromatic rings. The van der Waals surface area contributed by atoms with Gasteiger partial charge in [0.05, 0.1) is 10.0 Å². The summed E-state index contributed by atoms with van der Waals surface area (Å²) in [5.74, 6) is -0.658. The van der Waals surface area contributed by atoms with Crippen molar-refractivity contribution in [3.05, 3.63) is 64.1 Å². The van der Waals surface area contributed by atoms with Crippen LogP contribution in [0.3, 0.4) is 0 Å². The zero-order chi connectivity index (χ0) is 18.5. The van der Waals surface area contributed by atoms with E-state index in [0.29, 0.717) is 16.4 Å². The lowest BCUT2D eigenvalue weighted by Gasteiger charge is -2.04. The van der Waals surface area contributed by atoms with Crippen LogP contribution < -0.4 is 0 Å². The van der Waals surface area contributed by atoms with Crippen LogP contribution in [0.25, 0.3) is 11.4 Å². The number of hydrogen-bond donors (Lipinski definition) is 0. The summed E-state index contributed by atoms with van der Waals surface area (Å²) in [4.78, 5) is 25.0. The molecule has 7 nitrogen and oxygen atoms in total. The number of carbonyl (C=O) groups is 2. The molecular weight excluding hydrogens is 379 g/mol. The minimum absolute atomic E-state index is 0.254. The molecule has 2 aromatic carbocycles. The van der Waals surface area contributed by atoms with E-state index in [4.69, 9.17) is 27.9 Å². The lowest BCUT2D eigenvalue weighted by atomic mass is 10.1. The molecule has 0 spiro atoms. The second-order valence-electron chi connectivity index (χ2n) is 5.22. The van der Waals surface area contributed by atoms with E-state index in [1.54, 1.807) is 0 Å². The predicted octanol–water partition coefficient (Wildman–Crippen LogP) is 3.07. The van der Waals surface area contributed by atoms with Crippen LogP contribution in [0.15, 0.2) is 48.5 Å². The van der Waals surface area contributed by atoms with Gasteiger partial charge in [0.1, 0.15) is 0 Å². The van der Waals surface area contributed by atoms with E-state index < -0.39 is 18.4 Å². The topological polar surface area (TPSA) is 87.0 Å². The maximum atomic E-state index is 12.0. The van der Waals surface area contributed by atoms with Gasteiger partial charge in [-0.25, -0.2) is 4.79 Å². The molecule has 26 heavy (non-hydrogen) atoms. The highest BCUT2D eigenvalue weighted by Gasteiger charge is 2.14. The Balaban J connectivity index is 1.55. The van der Waals surface area contributed by atoms with Crippen molar-refractivity contribution in [1.29, 1.82) is 0 Å². The summed E-state index contributed by atoms with van der Waals surface area (Å²) in [6, 6.07) is 13.7. The zero-order valence-corrected chi connectivity index (χ0v) is 14.8. The average Bonchev–Trinajstić information content (AvgIpc) is 3.11. The van der Waals surface area contributed by atoms with Crippen LogP contribution in [0.5, 0.6) is 0 Å². The van der Waals surface area contributed by atoms with E-state index in [0.717, 1.165) is 10.4 Å². The molecule has 1 aromatic heterocycles. The third kappa shape index (κ3) is 4.44. The van der Waals surface area contributed by atoms with Crippen LogP contribution in [0.2, 0.25) is 10.0 Å². The summed E-state index contributed by atoms with van der Waals surface area (Å²) in [6.07, 6.45) is 0. The fourth-order valence-electron chi connectivity index (χ4n) is 2.07. The van der Waals surface area contributed by atoms with Gasteiger partial charge in [0.2, 0.25) is 5.82 Å². The first-order valence-electron chi connectivity index (χ1n) is 7.50. The number of nitrogens with zero attached hydrogens (tertiary/aromatic N) is 4. The van der Waals surface area contributed by atoms with Crippen molar-refractivity contribution in [3.63, 3.8) is 0 Å². The Morgan fingerprint density at radius 3 is 2.54 bits per heavy atom. The Bertz CT molecular complexity index is 944. The van der Waals surface area contributed by atoms with Crippen LogP contribution in [-0.4, -0.2) is 38.6 Å². The molecule has 3 rings (SSSR count). The predicted molar refractivity (Wildman–Crippen MR) is 95.0 cm³/mol. The number of halogens is 2. The van der Waals surface area contributed by atoms with Crippen LogP contribution in [0, 0.1) is 0 Å². The summed E-state index contributed by atoms with van der Waals surface area (Å²) in [7, 11) is 0. The molecule has 0 saturated heterocycles. The summed E-state index contributed by atoms with van der Waals surface area (Å²) in [6.45, 7) is -0.675. The molecule has 1 heterocycles. The van der Waals surface area contributed by atoms with Crippen molar-refractivity contribution >= 4 is 35.0 Å². The van der Waals surface area contributed by atoms with Crippen LogP contribution in [0.1, 0.15) is 10.4 Å². The molecular formula is C17H12Cl2N4O3. The Hall–Kier alpha value is -2.77. The lowest BCUT2D eigenvalue weighted by Crippen LogP contribution is -2.19. The van der Waals surface area contributed by atoms with Crippen molar-refractivity contribution in [2.45, 2.75) is 6.54 Å². The molecule has 0 aliphatic rings. The van der Waals surface area contributed by atoms with Crippen LogP contribution >= 0.6 is 23.2 Å². The van der Waals surface area contributed by atoms with Gasteiger partial charge in [0.15, 0.2) is 18.9 Å². The maximum Gasteiger partial charge on any atom is 0.330 e. The first-order valence-corrected chi connectivity index (χ1v) is 8.25. The van der Waals surface area contributed by atoms with Gasteiger partial charge in [-0.05, 0) is 23.4 Å². The fourth-order valence-corrected chi connectivity index (χ4v) is 2.37. The van der Waals surface area contributed by atoms with E-state index in [1.807, 2.05) is 30.3 Å². The molecule has 0 saturated carbocycles. The van der Waals surface area contributed by atoms with E-state index in [-0.39, 0.29) is 11.6 Å². The number of rotatable bonds is 6. The number of ketones is 1. The van der Waals surface area contributed by atoms with Crippen molar-refractivity contribution in [1.82, 2.24) is 20.2 Å². The van der Waals surface area contributed by atoms with E-state index >= 15 is 0 Å². The van der Waals surface area contributed by atoms with Gasteiger partial charge in [0.25, 0.3) is 0 Å². The molecule has 0 N–H and O–H groups in total. The summed E-state index contributed by atoms with van der Waals surface area (Å²) >= 11 is 11.7. The number of tetrazole rings is 1. The maximum absolute atomic E-state index is 12.0. The molecule has 132 valence electrons. The largest absolute Gasteiger partial charge is 0.456 e. The summed E-state index contributed by atoms with van der Waals surface area (Å²) in [5.41, 5.74) is 1.08. The molecule has 0 aliphatic carbocycles. The quantitative estimate of drug-likeness (QED) is 0.474. The molecule has 0 fully saturated rings. The third-order valence-corrected chi connectivity index (χ3v) is 4.10. The molecule has 0 atom stereocenters. The van der Waals surface area contributed by atoms with Crippen molar-refractivity contribution < 1.29 is 14.3 Å². The van der Waals surface area contributed by atoms with Gasteiger partial charge in [-0.15, -0.1) is 10.2 Å². The molecule has 9 heteroatoms. The summed E-state index contributed by atoms with van der Waals surface area (Å²) < 4.78 is 4.95. The second kappa shape index (κ2) is 8.07. The highest BCUT2D eigenvalue weighted by molar-refractivity contribution is 6.42. The molecule has 0 bridgehead atoms. The normalized spacial score (nSPS) is 10.5. The Morgan fingerprint density at radius 1 is 1.04 bits per heavy atom. The number of hydrogen-bond acceptors (Lipinski definition) is 6. The standard InChI is InChI=1S/C17H12Cl2N4O3/c18-13-7-6-12(8-14(13)19)15(24)10-26-16(25)9-23-21-17(20-22-23)11-4-2-1-3-5-11/h1-8H,9-10H2. The first kappa shape index (κ1) is 18.0. The Labute approximate surface area is 158 Å². The van der Waals surface area contributed by atoms with Gasteiger partial charge >= 0.3 is 5.97 Å². The number of ether oxygens (including phenoxy) is 1. The van der Waals surface area contributed by atoms with Gasteiger partial charge in [-0.3, -0.25) is 4.79 Å². The number of carbonyl (C=O) groups excluding carboxylic acids is 2. The zero-order valence-electron chi connectivity index (χ0n) is 13.3.